The van der Waals surface area contributed by atoms with Gasteiger partial charge in [-0.25, -0.2) is 0 Å². The van der Waals surface area contributed by atoms with Crippen LogP contribution in [0, 0.1) is 12.3 Å². The summed E-state index contributed by atoms with van der Waals surface area (Å²) in [6, 6.07) is 7.50. The normalized spacial score (nSPS) is 13.0. The Bertz CT molecular complexity index is 562. The van der Waals surface area contributed by atoms with Crippen molar-refractivity contribution in [1.82, 2.24) is 5.32 Å². The summed E-state index contributed by atoms with van der Waals surface area (Å²) in [5.74, 6) is -2.35. The van der Waals surface area contributed by atoms with E-state index in [1.165, 1.54) is 6.92 Å². The van der Waals surface area contributed by atoms with E-state index < -0.39 is 23.8 Å². The molecule has 6 nitrogen and oxygen atoms in total. The molecule has 0 fully saturated rings. The first kappa shape index (κ1) is 16.9. The first-order chi connectivity index (χ1) is 9.74. The molecule has 0 radical (unpaired) electrons. The topological polar surface area (TPSA) is 98.7 Å². The smallest absolute Gasteiger partial charge is 0.311 e. The van der Waals surface area contributed by atoms with Crippen molar-refractivity contribution < 1.29 is 19.8 Å². The number of carboxylic acid groups (broad SMARTS) is 2. The van der Waals surface area contributed by atoms with Gasteiger partial charge in [0.15, 0.2) is 5.11 Å². The molecule has 7 heteroatoms. The maximum atomic E-state index is 11.2. The van der Waals surface area contributed by atoms with Crippen LogP contribution in [0.4, 0.5) is 5.69 Å². The fraction of sp³-hybridized carbons (Fsp3) is 0.357. The zero-order valence-electron chi connectivity index (χ0n) is 11.8. The molecular formula is C14H18N2O4S. The lowest BCUT2D eigenvalue weighted by atomic mass is 9.87. The number of hydrogen-bond donors (Lipinski definition) is 4. The van der Waals surface area contributed by atoms with Crippen molar-refractivity contribution in [1.29, 1.82) is 0 Å². The van der Waals surface area contributed by atoms with Gasteiger partial charge in [-0.3, -0.25) is 9.59 Å². The number of rotatable bonds is 6. The summed E-state index contributed by atoms with van der Waals surface area (Å²) in [4.78, 5) is 22.0. The summed E-state index contributed by atoms with van der Waals surface area (Å²) in [5.41, 5.74) is 0.377. The molecule has 0 aliphatic carbocycles. The second-order valence-corrected chi connectivity index (χ2v) is 5.47. The fourth-order valence-corrected chi connectivity index (χ4v) is 1.88. The van der Waals surface area contributed by atoms with Crippen molar-refractivity contribution in [3.05, 3.63) is 29.8 Å². The lowest BCUT2D eigenvalue weighted by Gasteiger charge is -2.24. The molecule has 0 aromatic heterocycles. The van der Waals surface area contributed by atoms with Gasteiger partial charge in [0.25, 0.3) is 0 Å². The van der Waals surface area contributed by atoms with Crippen molar-refractivity contribution in [3.8, 4) is 0 Å². The number of aryl methyl sites for hydroxylation is 1. The van der Waals surface area contributed by atoms with Crippen LogP contribution in [-0.2, 0) is 9.59 Å². The number of benzene rings is 1. The summed E-state index contributed by atoms with van der Waals surface area (Å²) in [5, 5.41) is 23.9. The minimum Gasteiger partial charge on any atom is -0.481 e. The Morgan fingerprint density at radius 1 is 1.29 bits per heavy atom. The largest absolute Gasteiger partial charge is 0.481 e. The highest BCUT2D eigenvalue weighted by Gasteiger charge is 2.35. The number of anilines is 1. The second-order valence-electron chi connectivity index (χ2n) is 5.06. The molecule has 1 unspecified atom stereocenters. The van der Waals surface area contributed by atoms with Gasteiger partial charge in [0.05, 0.1) is 11.8 Å². The van der Waals surface area contributed by atoms with Crippen LogP contribution >= 0.6 is 12.2 Å². The molecule has 1 rings (SSSR count). The van der Waals surface area contributed by atoms with Crippen LogP contribution in [0.1, 0.15) is 18.9 Å². The number of carbonyl (C=O) groups is 2. The van der Waals surface area contributed by atoms with E-state index >= 15 is 0 Å². The van der Waals surface area contributed by atoms with Crippen molar-refractivity contribution in [2.24, 2.45) is 5.41 Å². The Kier molecular flexibility index (Phi) is 5.66. The van der Waals surface area contributed by atoms with E-state index in [0.29, 0.717) is 0 Å². The first-order valence-corrected chi connectivity index (χ1v) is 6.71. The van der Waals surface area contributed by atoms with E-state index in [9.17, 15) is 9.59 Å². The highest BCUT2D eigenvalue weighted by atomic mass is 32.1. The van der Waals surface area contributed by atoms with E-state index in [-0.39, 0.29) is 11.7 Å². The highest BCUT2D eigenvalue weighted by Crippen LogP contribution is 2.21. The SMILES string of the molecule is Cc1ccccc1NC(=S)NCC(C)(CC(=O)O)C(=O)O. The molecule has 0 amide bonds. The Balaban J connectivity index is 2.64. The summed E-state index contributed by atoms with van der Waals surface area (Å²) in [7, 11) is 0. The molecule has 1 aromatic rings. The van der Waals surface area contributed by atoms with Crippen LogP contribution < -0.4 is 10.6 Å². The van der Waals surface area contributed by atoms with Gasteiger partial charge >= 0.3 is 11.9 Å². The molecule has 0 saturated heterocycles. The molecule has 0 aliphatic rings. The quantitative estimate of drug-likeness (QED) is 0.595. The number of aliphatic carboxylic acids is 2. The summed E-state index contributed by atoms with van der Waals surface area (Å²) >= 11 is 5.10. The fourth-order valence-electron chi connectivity index (χ4n) is 1.70. The van der Waals surface area contributed by atoms with Crippen molar-refractivity contribution in [2.45, 2.75) is 20.3 Å². The molecule has 0 aliphatic heterocycles. The average Bonchev–Trinajstić information content (AvgIpc) is 2.38. The molecule has 0 spiro atoms. The van der Waals surface area contributed by atoms with Gasteiger partial charge in [-0.05, 0) is 37.7 Å². The van der Waals surface area contributed by atoms with Gasteiger partial charge in [0, 0.05) is 12.2 Å². The van der Waals surface area contributed by atoms with Gasteiger partial charge in [0.2, 0.25) is 0 Å². The van der Waals surface area contributed by atoms with Crippen LogP contribution in [-0.4, -0.2) is 33.8 Å². The third-order valence-electron chi connectivity index (χ3n) is 3.09. The Hall–Kier alpha value is -2.15. The van der Waals surface area contributed by atoms with Crippen LogP contribution in [0.2, 0.25) is 0 Å². The highest BCUT2D eigenvalue weighted by molar-refractivity contribution is 7.80. The molecule has 4 N–H and O–H groups in total. The van der Waals surface area contributed by atoms with Gasteiger partial charge in [0.1, 0.15) is 0 Å². The molecule has 114 valence electrons. The van der Waals surface area contributed by atoms with Crippen LogP contribution in [0.5, 0.6) is 0 Å². The number of hydrogen-bond acceptors (Lipinski definition) is 3. The maximum Gasteiger partial charge on any atom is 0.311 e. The monoisotopic (exact) mass is 310 g/mol. The molecule has 1 aromatic carbocycles. The van der Waals surface area contributed by atoms with Gasteiger partial charge in [-0.1, -0.05) is 18.2 Å². The van der Waals surface area contributed by atoms with E-state index in [0.717, 1.165) is 11.3 Å². The zero-order valence-corrected chi connectivity index (χ0v) is 12.7. The van der Waals surface area contributed by atoms with Crippen molar-refractivity contribution >= 4 is 35.0 Å². The number of para-hydroxylation sites is 1. The standard InChI is InChI=1S/C14H18N2O4S/c1-9-5-3-4-6-10(9)16-13(21)15-8-14(2,12(19)20)7-11(17)18/h3-6H,7-8H2,1-2H3,(H,17,18)(H,19,20)(H2,15,16,21). The maximum absolute atomic E-state index is 11.2. The minimum absolute atomic E-state index is 0.0770. The average molecular weight is 310 g/mol. The molecular weight excluding hydrogens is 292 g/mol. The predicted octanol–water partition coefficient (Wildman–Crippen LogP) is 1.85. The van der Waals surface area contributed by atoms with E-state index in [1.807, 2.05) is 31.2 Å². The van der Waals surface area contributed by atoms with Gasteiger partial charge < -0.3 is 20.8 Å². The van der Waals surface area contributed by atoms with Gasteiger partial charge in [-0.15, -0.1) is 0 Å². The summed E-state index contributed by atoms with van der Waals surface area (Å²) in [6.45, 7) is 3.20. The predicted molar refractivity (Wildman–Crippen MR) is 83.4 cm³/mol. The molecule has 1 atom stereocenters. The summed E-state index contributed by atoms with van der Waals surface area (Å²) in [6.07, 6.45) is -0.484. The zero-order chi connectivity index (χ0) is 16.0. The van der Waals surface area contributed by atoms with E-state index in [2.05, 4.69) is 10.6 Å². The molecule has 0 saturated carbocycles. The van der Waals surface area contributed by atoms with Crippen LogP contribution in [0.3, 0.4) is 0 Å². The Labute approximate surface area is 128 Å². The lowest BCUT2D eigenvalue weighted by molar-refractivity contribution is -0.154. The van der Waals surface area contributed by atoms with Crippen LogP contribution in [0.15, 0.2) is 24.3 Å². The van der Waals surface area contributed by atoms with Gasteiger partial charge in [-0.2, -0.15) is 0 Å². The first-order valence-electron chi connectivity index (χ1n) is 6.30. The molecule has 0 heterocycles. The Morgan fingerprint density at radius 3 is 2.43 bits per heavy atom. The summed E-state index contributed by atoms with van der Waals surface area (Å²) < 4.78 is 0. The van der Waals surface area contributed by atoms with Crippen molar-refractivity contribution in [2.75, 3.05) is 11.9 Å². The minimum atomic E-state index is -1.43. The van der Waals surface area contributed by atoms with Crippen molar-refractivity contribution in [3.63, 3.8) is 0 Å². The third kappa shape index (κ3) is 5.03. The lowest BCUT2D eigenvalue weighted by Crippen LogP contribution is -2.43. The van der Waals surface area contributed by atoms with E-state index in [4.69, 9.17) is 22.4 Å². The number of thiocarbonyl (C=S) groups is 1. The number of carboxylic acids is 2. The molecule has 21 heavy (non-hydrogen) atoms. The Morgan fingerprint density at radius 2 is 1.90 bits per heavy atom. The third-order valence-corrected chi connectivity index (χ3v) is 3.34. The van der Waals surface area contributed by atoms with Crippen LogP contribution in [0.25, 0.3) is 0 Å². The molecule has 0 bridgehead atoms. The number of nitrogens with one attached hydrogen (secondary N) is 2. The van der Waals surface area contributed by atoms with E-state index in [1.54, 1.807) is 0 Å². The second kappa shape index (κ2) is 7.03.